The van der Waals surface area contributed by atoms with Crippen LogP contribution in [-0.4, -0.2) is 27.5 Å². The fourth-order valence-corrected chi connectivity index (χ4v) is 16.4. The van der Waals surface area contributed by atoms with Gasteiger partial charge in [0.15, 0.2) is 0 Å². The van der Waals surface area contributed by atoms with Gasteiger partial charge < -0.3 is 0 Å². The first-order chi connectivity index (χ1) is 9.92. The van der Waals surface area contributed by atoms with Crippen molar-refractivity contribution in [2.24, 2.45) is 0 Å². The van der Waals surface area contributed by atoms with Crippen LogP contribution in [0.25, 0.3) is 0 Å². The molecule has 0 radical (unpaired) electrons. The Morgan fingerprint density at radius 3 is 1.33 bits per heavy atom. The summed E-state index contributed by atoms with van der Waals surface area (Å²) in [6.07, 6.45) is 15.0. The molecular formula is C19H38P2. The van der Waals surface area contributed by atoms with Crippen molar-refractivity contribution in [3.05, 3.63) is 0 Å². The average Bonchev–Trinajstić information content (AvgIpc) is 3.12. The molecule has 2 aliphatic rings. The van der Waals surface area contributed by atoms with Crippen LogP contribution in [-0.2, 0) is 0 Å². The minimum atomic E-state index is 0.212. The Labute approximate surface area is 136 Å². The Hall–Kier alpha value is 0.860. The first-order valence-corrected chi connectivity index (χ1v) is 12.5. The highest BCUT2D eigenvalue weighted by atomic mass is 31.2. The zero-order chi connectivity index (χ0) is 15.7. The highest BCUT2D eigenvalue weighted by Gasteiger charge is 2.55. The number of hydrogen-bond donors (Lipinski definition) is 0. The van der Waals surface area contributed by atoms with Crippen LogP contribution in [0.15, 0.2) is 0 Å². The summed E-state index contributed by atoms with van der Waals surface area (Å²) in [5.74, 6) is 0. The predicted molar refractivity (Wildman–Crippen MR) is 103 cm³/mol. The van der Waals surface area contributed by atoms with Gasteiger partial charge in [0, 0.05) is 4.90 Å². The Bertz CT molecular complexity index is 307. The Morgan fingerprint density at radius 2 is 1.05 bits per heavy atom. The van der Waals surface area contributed by atoms with Gasteiger partial charge in [0.05, 0.1) is 0 Å². The van der Waals surface area contributed by atoms with Gasteiger partial charge in [0.25, 0.3) is 0 Å². The Kier molecular flexibility index (Phi) is 5.87. The second-order valence-electron chi connectivity index (χ2n) is 7.87. The van der Waals surface area contributed by atoms with Gasteiger partial charge in [-0.3, -0.25) is 0 Å². The third-order valence-corrected chi connectivity index (χ3v) is 16.8. The molecule has 2 unspecified atom stereocenters. The van der Waals surface area contributed by atoms with E-state index in [2.05, 4.69) is 41.5 Å². The highest BCUT2D eigenvalue weighted by molar-refractivity contribution is 7.79. The van der Waals surface area contributed by atoms with Crippen LogP contribution < -0.4 is 0 Å². The average molecular weight is 328 g/mol. The third-order valence-electron chi connectivity index (χ3n) is 7.15. The monoisotopic (exact) mass is 328 g/mol. The largest absolute Gasteiger partial charge is 0.0901 e. The van der Waals surface area contributed by atoms with Crippen LogP contribution in [0.4, 0.5) is 0 Å². The molecule has 2 aliphatic heterocycles. The first kappa shape index (κ1) is 18.2. The maximum absolute atomic E-state index is 2.71. The van der Waals surface area contributed by atoms with Gasteiger partial charge in [0.2, 0.25) is 0 Å². The first-order valence-electron chi connectivity index (χ1n) is 9.48. The van der Waals surface area contributed by atoms with E-state index in [-0.39, 0.29) is 15.8 Å². The molecule has 124 valence electrons. The van der Waals surface area contributed by atoms with Gasteiger partial charge in [-0.05, 0) is 74.0 Å². The van der Waals surface area contributed by atoms with Gasteiger partial charge in [-0.15, -0.1) is 0 Å². The van der Waals surface area contributed by atoms with E-state index >= 15 is 0 Å². The molecule has 0 nitrogen and oxygen atoms in total. The molecule has 0 aliphatic carbocycles. The molecule has 0 aromatic rings. The molecule has 2 heterocycles. The topological polar surface area (TPSA) is 0 Å². The van der Waals surface area contributed by atoms with Crippen LogP contribution in [0.3, 0.4) is 0 Å². The lowest BCUT2D eigenvalue weighted by Crippen LogP contribution is -2.35. The lowest BCUT2D eigenvalue weighted by Gasteiger charge is -2.52. The van der Waals surface area contributed by atoms with E-state index in [9.17, 15) is 0 Å². The minimum absolute atomic E-state index is 0.212. The fraction of sp³-hybridized carbons (Fsp3) is 1.00. The van der Waals surface area contributed by atoms with Crippen molar-refractivity contribution in [2.75, 3.05) is 12.3 Å². The van der Waals surface area contributed by atoms with Crippen LogP contribution in [0.5, 0.6) is 0 Å². The van der Waals surface area contributed by atoms with Crippen LogP contribution >= 0.6 is 15.8 Å². The zero-order valence-electron chi connectivity index (χ0n) is 15.5. The van der Waals surface area contributed by atoms with Crippen LogP contribution in [0.1, 0.15) is 92.9 Å². The normalized spacial score (nSPS) is 31.7. The van der Waals surface area contributed by atoms with E-state index < -0.39 is 0 Å². The molecule has 2 rings (SSSR count). The predicted octanol–water partition coefficient (Wildman–Crippen LogP) is 7.39. The summed E-state index contributed by atoms with van der Waals surface area (Å²) in [7, 11) is 0.423. The minimum Gasteiger partial charge on any atom is -0.0901 e. The molecule has 0 aromatic carbocycles. The molecule has 2 fully saturated rings. The lowest BCUT2D eigenvalue weighted by atomic mass is 9.97. The van der Waals surface area contributed by atoms with Crippen LogP contribution in [0.2, 0.25) is 0 Å². The summed E-state index contributed by atoms with van der Waals surface area (Å²) in [6.45, 7) is 15.3. The van der Waals surface area contributed by atoms with E-state index in [1.807, 2.05) is 0 Å². The summed E-state index contributed by atoms with van der Waals surface area (Å²) in [5, 5.41) is 1.47. The van der Waals surface area contributed by atoms with Gasteiger partial charge in [0.1, 0.15) is 0 Å². The molecular weight excluding hydrogens is 290 g/mol. The highest BCUT2D eigenvalue weighted by Crippen LogP contribution is 2.82. The number of rotatable bonds is 6. The molecule has 0 aromatic heterocycles. The smallest absolute Gasteiger partial charge is 0.00596 e. The third kappa shape index (κ3) is 2.87. The van der Waals surface area contributed by atoms with Crippen molar-refractivity contribution in [3.63, 3.8) is 0 Å². The summed E-state index contributed by atoms with van der Waals surface area (Å²) < 4.78 is 0. The molecule has 2 saturated heterocycles. The van der Waals surface area contributed by atoms with Crippen molar-refractivity contribution in [2.45, 2.75) is 108 Å². The van der Waals surface area contributed by atoms with Crippen molar-refractivity contribution >= 4 is 15.8 Å². The zero-order valence-corrected chi connectivity index (χ0v) is 17.3. The van der Waals surface area contributed by atoms with E-state index in [1.54, 1.807) is 12.3 Å². The van der Waals surface area contributed by atoms with Gasteiger partial charge in [-0.25, -0.2) is 0 Å². The summed E-state index contributed by atoms with van der Waals surface area (Å²) in [6, 6.07) is 0. The van der Waals surface area contributed by atoms with Crippen molar-refractivity contribution in [1.82, 2.24) is 0 Å². The van der Waals surface area contributed by atoms with E-state index in [0.29, 0.717) is 4.90 Å². The molecule has 2 heteroatoms. The molecule has 21 heavy (non-hydrogen) atoms. The SMILES string of the molecule is CCC1(CC)CCCP1C(C)(C)P1CCCC1(CC)CC. The molecule has 0 bridgehead atoms. The Morgan fingerprint density at radius 1 is 0.714 bits per heavy atom. The van der Waals surface area contributed by atoms with E-state index in [4.69, 9.17) is 0 Å². The summed E-state index contributed by atoms with van der Waals surface area (Å²) >= 11 is 0. The van der Waals surface area contributed by atoms with E-state index in [1.165, 1.54) is 51.4 Å². The van der Waals surface area contributed by atoms with Crippen molar-refractivity contribution < 1.29 is 0 Å². The second kappa shape index (κ2) is 6.77. The molecule has 0 amide bonds. The quantitative estimate of drug-likeness (QED) is 0.446. The molecule has 2 atom stereocenters. The Balaban J connectivity index is 2.32. The fourth-order valence-electron chi connectivity index (χ4n) is 5.70. The summed E-state index contributed by atoms with van der Waals surface area (Å²) in [4.78, 5) is 0.662. The maximum Gasteiger partial charge on any atom is 0.00596 e. The number of hydrogen-bond acceptors (Lipinski definition) is 0. The lowest BCUT2D eigenvalue weighted by molar-refractivity contribution is 0.507. The van der Waals surface area contributed by atoms with Crippen LogP contribution in [0, 0.1) is 0 Å². The summed E-state index contributed by atoms with van der Waals surface area (Å²) in [5.41, 5.74) is 0. The standard InChI is InChI=1S/C19H38P2/c1-7-18(8-2)13-11-15-20(18)17(5,6)21-16-12-14-19(21,9-3)10-4/h7-16H2,1-6H3. The van der Waals surface area contributed by atoms with Gasteiger partial charge in [-0.1, -0.05) is 57.4 Å². The second-order valence-corrected chi connectivity index (χ2v) is 15.0. The van der Waals surface area contributed by atoms with Crippen molar-refractivity contribution in [1.29, 1.82) is 0 Å². The maximum atomic E-state index is 2.71. The molecule has 0 spiro atoms. The molecule has 0 N–H and O–H groups in total. The van der Waals surface area contributed by atoms with E-state index in [0.717, 1.165) is 10.3 Å². The van der Waals surface area contributed by atoms with Crippen molar-refractivity contribution in [3.8, 4) is 0 Å². The van der Waals surface area contributed by atoms with Gasteiger partial charge in [-0.2, -0.15) is 0 Å². The van der Waals surface area contributed by atoms with Gasteiger partial charge >= 0.3 is 0 Å². The molecule has 0 saturated carbocycles.